The van der Waals surface area contributed by atoms with Crippen molar-refractivity contribution in [3.05, 3.63) is 0 Å². The Bertz CT molecular complexity index is 452. The minimum Gasteiger partial charge on any atom is -0.212 e. The van der Waals surface area contributed by atoms with E-state index in [9.17, 15) is 30.4 Å². The van der Waals surface area contributed by atoms with Gasteiger partial charge in [0.2, 0.25) is 10.0 Å². The van der Waals surface area contributed by atoms with E-state index in [1.807, 2.05) is 20.8 Å². The fraction of sp³-hybridized carbons (Fsp3) is 1.00. The highest BCUT2D eigenvalue weighted by Gasteiger charge is 2.57. The van der Waals surface area contributed by atoms with Crippen LogP contribution in [-0.4, -0.2) is 43.2 Å². The van der Waals surface area contributed by atoms with Crippen LogP contribution in [0.2, 0.25) is 0 Å². The lowest BCUT2D eigenvalue weighted by Crippen LogP contribution is -2.43. The molecule has 0 amide bonds. The molecule has 9 heteroatoms. The van der Waals surface area contributed by atoms with Gasteiger partial charge in [0.15, 0.2) is 0 Å². The van der Waals surface area contributed by atoms with Gasteiger partial charge < -0.3 is 0 Å². The van der Waals surface area contributed by atoms with Gasteiger partial charge in [0.05, 0.1) is 5.75 Å². The highest BCUT2D eigenvalue weighted by Crippen LogP contribution is 2.38. The van der Waals surface area contributed by atoms with Gasteiger partial charge in [0.25, 0.3) is 0 Å². The molecular formula is C13H24F5NO2S. The van der Waals surface area contributed by atoms with Crippen molar-refractivity contribution >= 4 is 10.0 Å². The average molecular weight is 353 g/mol. The molecule has 0 aliphatic carbocycles. The van der Waals surface area contributed by atoms with Crippen molar-refractivity contribution in [1.29, 1.82) is 0 Å². The predicted octanol–water partition coefficient (Wildman–Crippen LogP) is 4.05. The molecule has 0 unspecified atom stereocenters. The molecule has 0 aliphatic rings. The summed E-state index contributed by atoms with van der Waals surface area (Å²) < 4.78 is 87.3. The minimum absolute atomic E-state index is 0.0844. The first-order valence-corrected chi connectivity index (χ1v) is 8.54. The van der Waals surface area contributed by atoms with E-state index in [-0.39, 0.29) is 12.0 Å². The van der Waals surface area contributed by atoms with E-state index in [1.165, 1.54) is 0 Å². The monoisotopic (exact) mass is 353 g/mol. The number of alkyl halides is 5. The van der Waals surface area contributed by atoms with Crippen LogP contribution >= 0.6 is 0 Å². The third-order valence-corrected chi connectivity index (χ3v) is 5.14. The van der Waals surface area contributed by atoms with Crippen LogP contribution in [0, 0.1) is 5.41 Å². The molecule has 0 aromatic rings. The smallest absolute Gasteiger partial charge is 0.212 e. The molecule has 0 atom stereocenters. The molecule has 22 heavy (non-hydrogen) atoms. The van der Waals surface area contributed by atoms with Gasteiger partial charge in [-0.25, -0.2) is 8.42 Å². The topological polar surface area (TPSA) is 37.4 Å². The first kappa shape index (κ1) is 21.6. The van der Waals surface area contributed by atoms with E-state index >= 15 is 0 Å². The van der Waals surface area contributed by atoms with Crippen LogP contribution in [0.25, 0.3) is 0 Å². The van der Waals surface area contributed by atoms with E-state index < -0.39 is 40.3 Å². The molecule has 0 aromatic heterocycles. The van der Waals surface area contributed by atoms with Gasteiger partial charge in [0, 0.05) is 19.0 Å². The lowest BCUT2D eigenvalue weighted by molar-refractivity contribution is -0.282. The maximum atomic E-state index is 12.9. The third kappa shape index (κ3) is 6.76. The third-order valence-electron chi connectivity index (χ3n) is 3.10. The van der Waals surface area contributed by atoms with Gasteiger partial charge in [-0.2, -0.15) is 26.3 Å². The number of nitrogens with zero attached hydrogens (tertiary/aromatic N) is 1. The highest BCUT2D eigenvalue weighted by molar-refractivity contribution is 7.89. The van der Waals surface area contributed by atoms with Gasteiger partial charge in [0.1, 0.15) is 0 Å². The normalized spacial score (nSPS) is 14.9. The summed E-state index contributed by atoms with van der Waals surface area (Å²) in [4.78, 5) is 0. The summed E-state index contributed by atoms with van der Waals surface area (Å²) in [6.45, 7) is 8.85. The first-order valence-electron chi connectivity index (χ1n) is 6.94. The summed E-state index contributed by atoms with van der Waals surface area (Å²) in [5.74, 6) is -6.24. The number of hydrogen-bond donors (Lipinski definition) is 0. The number of rotatable bonds is 7. The quantitative estimate of drug-likeness (QED) is 0.648. The Kier molecular flexibility index (Phi) is 6.84. The summed E-state index contributed by atoms with van der Waals surface area (Å²) in [7, 11) is -4.18. The Morgan fingerprint density at radius 2 is 1.41 bits per heavy atom. The van der Waals surface area contributed by atoms with Gasteiger partial charge in [-0.05, 0) is 25.7 Å². The molecule has 0 saturated carbocycles. The standard InChI is InChI=1S/C13H24F5NO2S/c1-10(2)19(8-6-11(3,4)5)22(20,21)9-7-12(14,15)13(16,17)18/h10H,6-9H2,1-5H3. The zero-order valence-corrected chi connectivity index (χ0v) is 14.3. The SMILES string of the molecule is CC(C)N(CCC(C)(C)C)S(=O)(=O)CCC(F)(F)C(F)(F)F. The van der Waals surface area contributed by atoms with Crippen molar-refractivity contribution in [2.75, 3.05) is 12.3 Å². The molecule has 0 N–H and O–H groups in total. The number of hydrogen-bond acceptors (Lipinski definition) is 2. The number of sulfonamides is 1. The van der Waals surface area contributed by atoms with E-state index in [1.54, 1.807) is 13.8 Å². The van der Waals surface area contributed by atoms with Gasteiger partial charge in [-0.1, -0.05) is 20.8 Å². The number of halogens is 5. The molecule has 134 valence electrons. The van der Waals surface area contributed by atoms with Gasteiger partial charge in [-0.3, -0.25) is 0 Å². The van der Waals surface area contributed by atoms with Crippen molar-refractivity contribution in [3.8, 4) is 0 Å². The Morgan fingerprint density at radius 1 is 0.955 bits per heavy atom. The summed E-state index contributed by atoms with van der Waals surface area (Å²) in [5, 5.41) is 0. The van der Waals surface area contributed by atoms with Crippen molar-refractivity contribution in [2.45, 2.75) is 65.6 Å². The molecule has 0 bridgehead atoms. The average Bonchev–Trinajstić information content (AvgIpc) is 2.22. The molecule has 0 saturated heterocycles. The summed E-state index contributed by atoms with van der Waals surface area (Å²) >= 11 is 0. The molecule has 0 rings (SSSR count). The maximum Gasteiger partial charge on any atom is 0.453 e. The highest BCUT2D eigenvalue weighted by atomic mass is 32.2. The zero-order chi connectivity index (χ0) is 18.0. The summed E-state index contributed by atoms with van der Waals surface area (Å²) in [5.41, 5.74) is -0.182. The zero-order valence-electron chi connectivity index (χ0n) is 13.5. The molecule has 0 aromatic carbocycles. The molecule has 0 radical (unpaired) electrons. The van der Waals surface area contributed by atoms with Gasteiger partial charge >= 0.3 is 12.1 Å². The first-order chi connectivity index (χ1) is 9.50. The van der Waals surface area contributed by atoms with Crippen LogP contribution in [0.3, 0.4) is 0 Å². The van der Waals surface area contributed by atoms with E-state index in [0.29, 0.717) is 6.42 Å². The maximum absolute atomic E-state index is 12.9. The van der Waals surface area contributed by atoms with E-state index in [0.717, 1.165) is 4.31 Å². The summed E-state index contributed by atoms with van der Waals surface area (Å²) in [6.07, 6.45) is -7.03. The summed E-state index contributed by atoms with van der Waals surface area (Å²) in [6, 6.07) is -0.508. The second kappa shape index (κ2) is 6.98. The van der Waals surface area contributed by atoms with Crippen molar-refractivity contribution in [2.24, 2.45) is 5.41 Å². The van der Waals surface area contributed by atoms with Crippen molar-refractivity contribution < 1.29 is 30.4 Å². The fourth-order valence-corrected chi connectivity index (χ4v) is 3.44. The van der Waals surface area contributed by atoms with Crippen LogP contribution in [0.4, 0.5) is 22.0 Å². The van der Waals surface area contributed by atoms with Crippen LogP contribution in [0.15, 0.2) is 0 Å². The molecular weight excluding hydrogens is 329 g/mol. The largest absolute Gasteiger partial charge is 0.453 e. The Balaban J connectivity index is 5.01. The second-order valence-electron chi connectivity index (χ2n) is 6.78. The fourth-order valence-electron chi connectivity index (χ4n) is 1.68. The Hall–Kier alpha value is -0.440. The van der Waals surface area contributed by atoms with Crippen LogP contribution in [0.5, 0.6) is 0 Å². The molecule has 0 aliphatic heterocycles. The molecule has 0 spiro atoms. The Labute approximate surface area is 128 Å². The van der Waals surface area contributed by atoms with Crippen molar-refractivity contribution in [3.63, 3.8) is 0 Å². The lowest BCUT2D eigenvalue weighted by atomic mass is 9.92. The lowest BCUT2D eigenvalue weighted by Gasteiger charge is -2.30. The van der Waals surface area contributed by atoms with Crippen LogP contribution in [0.1, 0.15) is 47.5 Å². The molecule has 0 fully saturated rings. The molecule has 0 heterocycles. The van der Waals surface area contributed by atoms with E-state index in [4.69, 9.17) is 0 Å². The second-order valence-corrected chi connectivity index (χ2v) is 8.82. The predicted molar refractivity (Wildman–Crippen MR) is 75.3 cm³/mol. The van der Waals surface area contributed by atoms with Crippen molar-refractivity contribution in [1.82, 2.24) is 4.31 Å². The van der Waals surface area contributed by atoms with Crippen LogP contribution in [-0.2, 0) is 10.0 Å². The minimum atomic E-state index is -5.74. The van der Waals surface area contributed by atoms with Gasteiger partial charge in [-0.15, -0.1) is 0 Å². The molecule has 3 nitrogen and oxygen atoms in total. The van der Waals surface area contributed by atoms with E-state index in [2.05, 4.69) is 0 Å². The Morgan fingerprint density at radius 3 is 1.73 bits per heavy atom. The van der Waals surface area contributed by atoms with Crippen LogP contribution < -0.4 is 0 Å².